The maximum atomic E-state index is 12.8. The van der Waals surface area contributed by atoms with E-state index in [0.29, 0.717) is 24.8 Å². The van der Waals surface area contributed by atoms with E-state index in [1.807, 2.05) is 11.8 Å². The average Bonchev–Trinajstić information content (AvgIpc) is 2.53. The summed E-state index contributed by atoms with van der Waals surface area (Å²) >= 11 is 0. The van der Waals surface area contributed by atoms with Gasteiger partial charge in [0.15, 0.2) is 0 Å². The lowest BCUT2D eigenvalue weighted by Crippen LogP contribution is -2.55. The fourth-order valence-corrected chi connectivity index (χ4v) is 3.29. The third-order valence-corrected chi connectivity index (χ3v) is 4.29. The molecule has 0 unspecified atom stereocenters. The smallest absolute Gasteiger partial charge is 0.273 e. The van der Waals surface area contributed by atoms with Crippen molar-refractivity contribution in [3.8, 4) is 0 Å². The van der Waals surface area contributed by atoms with Crippen LogP contribution in [0.5, 0.6) is 0 Å². The van der Waals surface area contributed by atoms with Gasteiger partial charge in [-0.1, -0.05) is 12.8 Å². The van der Waals surface area contributed by atoms with Crippen LogP contribution in [-0.2, 0) is 4.74 Å². The van der Waals surface area contributed by atoms with Gasteiger partial charge in [0.25, 0.3) is 5.91 Å². The number of carbonyl (C=O) groups excluding carboxylic acids is 1. The van der Waals surface area contributed by atoms with Gasteiger partial charge in [-0.3, -0.25) is 4.79 Å². The number of aryl methyl sites for hydroxylation is 1. The van der Waals surface area contributed by atoms with Gasteiger partial charge in [0.2, 0.25) is 5.95 Å². The van der Waals surface area contributed by atoms with Crippen LogP contribution in [-0.4, -0.2) is 53.1 Å². The van der Waals surface area contributed by atoms with Gasteiger partial charge in [-0.25, -0.2) is 9.97 Å². The number of hydrogen-bond acceptors (Lipinski definition) is 5. The van der Waals surface area contributed by atoms with E-state index in [-0.39, 0.29) is 18.1 Å². The summed E-state index contributed by atoms with van der Waals surface area (Å²) in [6, 6.07) is 1.96. The number of amides is 1. The molecule has 0 spiro atoms. The summed E-state index contributed by atoms with van der Waals surface area (Å²) in [6.07, 6.45) is 4.64. The number of ether oxygens (including phenoxy) is 1. The van der Waals surface area contributed by atoms with Gasteiger partial charge >= 0.3 is 0 Å². The van der Waals surface area contributed by atoms with Crippen LogP contribution < -0.4 is 5.32 Å². The molecule has 2 aliphatic rings. The van der Waals surface area contributed by atoms with E-state index in [4.69, 9.17) is 4.74 Å². The van der Waals surface area contributed by atoms with Gasteiger partial charge in [0.1, 0.15) is 5.69 Å². The molecular formula is C15H22N4O2. The quantitative estimate of drug-likeness (QED) is 0.896. The Balaban J connectivity index is 1.85. The fraction of sp³-hybridized carbons (Fsp3) is 0.667. The number of rotatable bonds is 2. The van der Waals surface area contributed by atoms with E-state index < -0.39 is 0 Å². The summed E-state index contributed by atoms with van der Waals surface area (Å²) in [5.74, 6) is 0.490. The van der Waals surface area contributed by atoms with Crippen molar-refractivity contribution in [2.45, 2.75) is 44.8 Å². The van der Waals surface area contributed by atoms with Crippen molar-refractivity contribution >= 4 is 11.9 Å². The van der Waals surface area contributed by atoms with Crippen LogP contribution in [0.4, 0.5) is 5.95 Å². The molecule has 21 heavy (non-hydrogen) atoms. The molecule has 6 heteroatoms. The van der Waals surface area contributed by atoms with Crippen LogP contribution in [0.25, 0.3) is 0 Å². The first-order chi connectivity index (χ1) is 10.2. The fourth-order valence-electron chi connectivity index (χ4n) is 3.29. The molecule has 2 fully saturated rings. The minimum atomic E-state index is -0.00259. The molecule has 114 valence electrons. The lowest BCUT2D eigenvalue weighted by atomic mass is 9.90. The third-order valence-electron chi connectivity index (χ3n) is 4.29. The molecule has 1 aliphatic heterocycles. The van der Waals surface area contributed by atoms with E-state index in [2.05, 4.69) is 15.3 Å². The second kappa shape index (κ2) is 5.97. The highest BCUT2D eigenvalue weighted by molar-refractivity contribution is 5.93. The van der Waals surface area contributed by atoms with Gasteiger partial charge in [-0.05, 0) is 25.8 Å². The van der Waals surface area contributed by atoms with Crippen molar-refractivity contribution in [3.05, 3.63) is 17.5 Å². The number of morpholine rings is 1. The molecule has 2 heterocycles. The Morgan fingerprint density at radius 3 is 3.00 bits per heavy atom. The number of nitrogens with one attached hydrogen (secondary N) is 1. The Bertz CT molecular complexity index is 532. The molecule has 0 aromatic carbocycles. The van der Waals surface area contributed by atoms with Gasteiger partial charge in [-0.2, -0.15) is 0 Å². The summed E-state index contributed by atoms with van der Waals surface area (Å²) in [5, 5.41) is 2.90. The van der Waals surface area contributed by atoms with Crippen LogP contribution in [0, 0.1) is 6.92 Å². The lowest BCUT2D eigenvalue weighted by Gasteiger charge is -2.43. The zero-order chi connectivity index (χ0) is 14.8. The highest BCUT2D eigenvalue weighted by atomic mass is 16.5. The van der Waals surface area contributed by atoms with Crippen molar-refractivity contribution in [1.82, 2.24) is 14.9 Å². The number of carbonyl (C=O) groups is 1. The van der Waals surface area contributed by atoms with E-state index in [1.165, 1.54) is 12.8 Å². The topological polar surface area (TPSA) is 67.4 Å². The largest absolute Gasteiger partial charge is 0.374 e. The standard InChI is InChI=1S/C15H22N4O2/c1-10-9-11(18-15(16-2)17-10)14(20)19-7-8-21-13-6-4-3-5-12(13)19/h9,12-13H,3-8H2,1-2H3,(H,16,17,18)/t12-,13-/m0/s1. The van der Waals surface area contributed by atoms with Crippen molar-refractivity contribution in [1.29, 1.82) is 0 Å². The van der Waals surface area contributed by atoms with Crippen LogP contribution in [0.15, 0.2) is 6.07 Å². The highest BCUT2D eigenvalue weighted by Gasteiger charge is 2.37. The summed E-state index contributed by atoms with van der Waals surface area (Å²) in [7, 11) is 1.76. The van der Waals surface area contributed by atoms with Crippen LogP contribution >= 0.6 is 0 Å². The Kier molecular flexibility index (Phi) is 4.05. The van der Waals surface area contributed by atoms with Gasteiger partial charge < -0.3 is 15.0 Å². The number of hydrogen-bond donors (Lipinski definition) is 1. The minimum Gasteiger partial charge on any atom is -0.374 e. The number of fused-ring (bicyclic) bond motifs is 1. The molecule has 1 N–H and O–H groups in total. The normalized spacial score (nSPS) is 25.3. The first-order valence-electron chi connectivity index (χ1n) is 7.65. The second-order valence-corrected chi connectivity index (χ2v) is 5.73. The van der Waals surface area contributed by atoms with Crippen LogP contribution in [0.3, 0.4) is 0 Å². The Hall–Kier alpha value is -1.69. The van der Waals surface area contributed by atoms with Gasteiger partial charge in [0.05, 0.1) is 18.8 Å². The van der Waals surface area contributed by atoms with Gasteiger partial charge in [-0.15, -0.1) is 0 Å². The predicted molar refractivity (Wildman–Crippen MR) is 79.3 cm³/mol. The molecule has 0 radical (unpaired) electrons. The molecule has 1 amide bonds. The maximum absolute atomic E-state index is 12.8. The molecule has 1 saturated carbocycles. The number of aromatic nitrogens is 2. The molecular weight excluding hydrogens is 268 g/mol. The predicted octanol–water partition coefficient (Wildman–Crippen LogP) is 1.61. The van der Waals surface area contributed by atoms with Crippen molar-refractivity contribution in [2.75, 3.05) is 25.5 Å². The molecule has 1 aliphatic carbocycles. The van der Waals surface area contributed by atoms with E-state index in [1.54, 1.807) is 13.1 Å². The lowest BCUT2D eigenvalue weighted by molar-refractivity contribution is -0.0754. The molecule has 0 bridgehead atoms. The minimum absolute atomic E-state index is 0.00259. The third kappa shape index (κ3) is 2.85. The van der Waals surface area contributed by atoms with Crippen molar-refractivity contribution in [2.24, 2.45) is 0 Å². The van der Waals surface area contributed by atoms with E-state index >= 15 is 0 Å². The summed E-state index contributed by atoms with van der Waals surface area (Å²) in [5.41, 5.74) is 1.27. The zero-order valence-electron chi connectivity index (χ0n) is 12.6. The number of nitrogens with zero attached hydrogens (tertiary/aromatic N) is 3. The first kappa shape index (κ1) is 14.3. The van der Waals surface area contributed by atoms with Crippen molar-refractivity contribution in [3.63, 3.8) is 0 Å². The van der Waals surface area contributed by atoms with Crippen LogP contribution in [0.1, 0.15) is 41.9 Å². The zero-order valence-corrected chi connectivity index (χ0v) is 12.6. The first-order valence-corrected chi connectivity index (χ1v) is 7.65. The Morgan fingerprint density at radius 1 is 1.38 bits per heavy atom. The molecule has 1 saturated heterocycles. The maximum Gasteiger partial charge on any atom is 0.273 e. The van der Waals surface area contributed by atoms with Crippen LogP contribution in [0.2, 0.25) is 0 Å². The van der Waals surface area contributed by atoms with Crippen molar-refractivity contribution < 1.29 is 9.53 Å². The SMILES string of the molecule is CNc1nc(C)cc(C(=O)N2CCO[C@H]3CCCC[C@@H]32)n1. The summed E-state index contributed by atoms with van der Waals surface area (Å²) in [6.45, 7) is 3.15. The molecule has 3 rings (SSSR count). The monoisotopic (exact) mass is 290 g/mol. The molecule has 1 aromatic heterocycles. The Morgan fingerprint density at radius 2 is 2.19 bits per heavy atom. The van der Waals surface area contributed by atoms with Gasteiger partial charge in [0, 0.05) is 19.3 Å². The molecule has 6 nitrogen and oxygen atoms in total. The summed E-state index contributed by atoms with van der Waals surface area (Å²) < 4.78 is 5.83. The summed E-state index contributed by atoms with van der Waals surface area (Å²) in [4.78, 5) is 23.3. The molecule has 2 atom stereocenters. The Labute approximate surface area is 124 Å². The molecule has 1 aromatic rings. The second-order valence-electron chi connectivity index (χ2n) is 5.73. The average molecular weight is 290 g/mol. The van der Waals surface area contributed by atoms with E-state index in [9.17, 15) is 4.79 Å². The van der Waals surface area contributed by atoms with E-state index in [0.717, 1.165) is 18.5 Å². The number of anilines is 1. The highest BCUT2D eigenvalue weighted by Crippen LogP contribution is 2.29.